The first-order chi connectivity index (χ1) is 12.6. The van der Waals surface area contributed by atoms with E-state index in [0.717, 1.165) is 16.3 Å². The number of nitrogens with two attached hydrogens (primary N) is 2. The number of hydrogen-bond donors (Lipinski definition) is 2. The number of likely N-dealkylation sites (tertiary alicyclic amines) is 1. The molecule has 144 valence electrons. The van der Waals surface area contributed by atoms with Crippen molar-refractivity contribution in [3.8, 4) is 0 Å². The zero-order valence-corrected chi connectivity index (χ0v) is 15.9. The zero-order valence-electron chi connectivity index (χ0n) is 15.9. The Morgan fingerprint density at radius 3 is 2.67 bits per heavy atom. The summed E-state index contributed by atoms with van der Waals surface area (Å²) in [5, 5.41) is 1.97. The minimum atomic E-state index is -1.56. The molecule has 1 fully saturated rings. The van der Waals surface area contributed by atoms with Gasteiger partial charge in [-0.1, -0.05) is 12.1 Å². The molecule has 0 radical (unpaired) electrons. The van der Waals surface area contributed by atoms with Crippen molar-refractivity contribution in [3.05, 3.63) is 42.2 Å². The molecule has 1 amide bonds. The molecule has 1 aromatic carbocycles. The van der Waals surface area contributed by atoms with Crippen molar-refractivity contribution in [1.29, 1.82) is 0 Å². The maximum Gasteiger partial charge on any atom is 0.336 e. The van der Waals surface area contributed by atoms with E-state index in [2.05, 4.69) is 4.98 Å². The Bertz CT molecular complexity index is 877. The van der Waals surface area contributed by atoms with Crippen LogP contribution in [0.25, 0.3) is 10.8 Å². The topological polar surface area (TPSA) is 112 Å². The number of nitrogens with zero attached hydrogens (tertiary/aromatic N) is 2. The summed E-state index contributed by atoms with van der Waals surface area (Å²) in [5.41, 5.74) is 10.7. The number of pyridine rings is 1. The molecule has 7 heteroatoms. The van der Waals surface area contributed by atoms with Gasteiger partial charge in [0.15, 0.2) is 5.54 Å². The van der Waals surface area contributed by atoms with E-state index >= 15 is 0 Å². The van der Waals surface area contributed by atoms with E-state index < -0.39 is 29.2 Å². The summed E-state index contributed by atoms with van der Waals surface area (Å²) in [5.74, 6) is -1.37. The van der Waals surface area contributed by atoms with Crippen LogP contribution in [-0.4, -0.2) is 39.4 Å². The second kappa shape index (κ2) is 6.90. The molecule has 0 spiro atoms. The van der Waals surface area contributed by atoms with Gasteiger partial charge in [0.1, 0.15) is 5.60 Å². The second-order valence-electron chi connectivity index (χ2n) is 7.95. The van der Waals surface area contributed by atoms with Crippen LogP contribution >= 0.6 is 0 Å². The maximum absolute atomic E-state index is 13.0. The highest BCUT2D eigenvalue weighted by Crippen LogP contribution is 2.37. The van der Waals surface area contributed by atoms with Crippen LogP contribution < -0.4 is 11.5 Å². The minimum Gasteiger partial charge on any atom is -0.458 e. The molecule has 3 rings (SSSR count). The number of primary amides is 1. The van der Waals surface area contributed by atoms with Crippen molar-refractivity contribution < 1.29 is 14.3 Å². The van der Waals surface area contributed by atoms with Gasteiger partial charge in [-0.05, 0) is 56.7 Å². The van der Waals surface area contributed by atoms with Gasteiger partial charge in [-0.3, -0.25) is 14.7 Å². The fraction of sp³-hybridized carbons (Fsp3) is 0.450. The number of carbonyl (C=O) groups is 2. The molecule has 1 unspecified atom stereocenters. The molecule has 27 heavy (non-hydrogen) atoms. The van der Waals surface area contributed by atoms with Crippen molar-refractivity contribution in [1.82, 2.24) is 9.88 Å². The first kappa shape index (κ1) is 19.3. The van der Waals surface area contributed by atoms with Crippen LogP contribution in [-0.2, 0) is 14.3 Å². The van der Waals surface area contributed by atoms with Gasteiger partial charge >= 0.3 is 5.97 Å². The fourth-order valence-electron chi connectivity index (χ4n) is 3.63. The molecule has 1 aromatic heterocycles. The summed E-state index contributed by atoms with van der Waals surface area (Å²) in [6.45, 7) is 5.76. The number of carbonyl (C=O) groups excluding carboxylic acids is 2. The van der Waals surface area contributed by atoms with Gasteiger partial charge in [-0.2, -0.15) is 0 Å². The van der Waals surface area contributed by atoms with Crippen molar-refractivity contribution in [2.24, 2.45) is 11.5 Å². The predicted molar refractivity (Wildman–Crippen MR) is 102 cm³/mol. The average molecular weight is 370 g/mol. The summed E-state index contributed by atoms with van der Waals surface area (Å²) in [6, 6.07) is 7.65. The van der Waals surface area contributed by atoms with Crippen LogP contribution in [0.2, 0.25) is 0 Å². The number of rotatable bonds is 4. The lowest BCUT2D eigenvalue weighted by atomic mass is 9.93. The molecule has 1 saturated heterocycles. The SMILES string of the molecule is CC(C)(C)OC(=O)[C@@]1(C(N)=O)CCCN1C(N)c1ccc2cnccc2c1. The van der Waals surface area contributed by atoms with Crippen molar-refractivity contribution in [2.75, 3.05) is 6.54 Å². The quantitative estimate of drug-likeness (QED) is 0.627. The van der Waals surface area contributed by atoms with Crippen molar-refractivity contribution >= 4 is 22.6 Å². The summed E-state index contributed by atoms with van der Waals surface area (Å²) in [4.78, 5) is 31.2. The number of benzene rings is 1. The molecule has 2 aromatic rings. The highest BCUT2D eigenvalue weighted by atomic mass is 16.6. The van der Waals surface area contributed by atoms with Gasteiger partial charge in [0.25, 0.3) is 0 Å². The number of amides is 1. The molecule has 0 saturated carbocycles. The Kier molecular flexibility index (Phi) is 4.92. The van der Waals surface area contributed by atoms with Crippen LogP contribution in [0.3, 0.4) is 0 Å². The number of esters is 1. The molecule has 2 atom stereocenters. The number of ether oxygens (including phenoxy) is 1. The Hall–Kier alpha value is -2.51. The van der Waals surface area contributed by atoms with E-state index in [4.69, 9.17) is 16.2 Å². The molecule has 0 aliphatic carbocycles. The van der Waals surface area contributed by atoms with E-state index in [1.165, 1.54) is 0 Å². The third-order valence-corrected chi connectivity index (χ3v) is 4.91. The van der Waals surface area contributed by atoms with Crippen molar-refractivity contribution in [3.63, 3.8) is 0 Å². The second-order valence-corrected chi connectivity index (χ2v) is 7.95. The summed E-state index contributed by atoms with van der Waals surface area (Å²) >= 11 is 0. The predicted octanol–water partition coefficient (Wildman–Crippen LogP) is 1.85. The van der Waals surface area contributed by atoms with Crippen LogP contribution in [0.15, 0.2) is 36.7 Å². The molecule has 2 heterocycles. The smallest absolute Gasteiger partial charge is 0.336 e. The van der Waals surface area contributed by atoms with Crippen LogP contribution in [0.4, 0.5) is 0 Å². The largest absolute Gasteiger partial charge is 0.458 e. The lowest BCUT2D eigenvalue weighted by Crippen LogP contribution is -2.62. The van der Waals surface area contributed by atoms with E-state index in [9.17, 15) is 9.59 Å². The van der Waals surface area contributed by atoms with Crippen LogP contribution in [0.1, 0.15) is 45.3 Å². The zero-order chi connectivity index (χ0) is 19.8. The Morgan fingerprint density at radius 1 is 1.26 bits per heavy atom. The van der Waals surface area contributed by atoms with Gasteiger partial charge in [-0.25, -0.2) is 4.79 Å². The van der Waals surface area contributed by atoms with Gasteiger partial charge in [0.2, 0.25) is 5.91 Å². The van der Waals surface area contributed by atoms with Crippen molar-refractivity contribution in [2.45, 2.75) is 50.9 Å². The first-order valence-electron chi connectivity index (χ1n) is 9.04. The summed E-state index contributed by atoms with van der Waals surface area (Å²) < 4.78 is 5.53. The van der Waals surface area contributed by atoms with E-state index in [1.54, 1.807) is 38.1 Å². The van der Waals surface area contributed by atoms with E-state index in [1.807, 2.05) is 24.3 Å². The highest BCUT2D eigenvalue weighted by molar-refractivity contribution is 6.07. The molecule has 0 bridgehead atoms. The van der Waals surface area contributed by atoms with Gasteiger partial charge in [0.05, 0.1) is 6.17 Å². The average Bonchev–Trinajstić information content (AvgIpc) is 3.05. The summed E-state index contributed by atoms with van der Waals surface area (Å²) in [7, 11) is 0. The highest BCUT2D eigenvalue weighted by Gasteiger charge is 2.56. The number of aromatic nitrogens is 1. The first-order valence-corrected chi connectivity index (χ1v) is 9.04. The fourth-order valence-corrected chi connectivity index (χ4v) is 3.63. The minimum absolute atomic E-state index is 0.294. The van der Waals surface area contributed by atoms with Crippen LogP contribution in [0.5, 0.6) is 0 Å². The molecule has 1 aliphatic heterocycles. The molecular formula is C20H26N4O3. The molecular weight excluding hydrogens is 344 g/mol. The number of fused-ring (bicyclic) bond motifs is 1. The Balaban J connectivity index is 1.98. The normalized spacial score (nSPS) is 21.9. The molecule has 4 N–H and O–H groups in total. The standard InChI is InChI=1S/C20H26N4O3/c1-19(2,3)27-18(26)20(17(22)25)8-4-10-24(20)16(21)14-5-6-15-12-23-9-7-13(15)11-14/h5-7,9,11-12,16H,4,8,10,21H2,1-3H3,(H2,22,25)/t16?,20-/m0/s1. The third-order valence-electron chi connectivity index (χ3n) is 4.91. The van der Waals surface area contributed by atoms with Gasteiger partial charge < -0.3 is 16.2 Å². The van der Waals surface area contributed by atoms with Gasteiger partial charge in [0, 0.05) is 24.3 Å². The molecule has 7 nitrogen and oxygen atoms in total. The van der Waals surface area contributed by atoms with E-state index in [-0.39, 0.29) is 0 Å². The monoisotopic (exact) mass is 370 g/mol. The lowest BCUT2D eigenvalue weighted by Gasteiger charge is -2.39. The van der Waals surface area contributed by atoms with Crippen LogP contribution in [0, 0.1) is 0 Å². The Labute approximate surface area is 158 Å². The maximum atomic E-state index is 13.0. The van der Waals surface area contributed by atoms with Gasteiger partial charge in [-0.15, -0.1) is 0 Å². The lowest BCUT2D eigenvalue weighted by molar-refractivity contribution is -0.172. The van der Waals surface area contributed by atoms with E-state index in [0.29, 0.717) is 19.4 Å². The molecule has 1 aliphatic rings. The number of hydrogen-bond acceptors (Lipinski definition) is 6. The third kappa shape index (κ3) is 3.52. The summed E-state index contributed by atoms with van der Waals surface area (Å²) in [6.07, 6.45) is 3.75. The Morgan fingerprint density at radius 2 is 2.00 bits per heavy atom.